The minimum atomic E-state index is -0.858. The molecule has 102 valence electrons. The van der Waals surface area contributed by atoms with E-state index in [1.54, 1.807) is 12.1 Å². The van der Waals surface area contributed by atoms with Gasteiger partial charge in [-0.25, -0.2) is 4.79 Å². The summed E-state index contributed by atoms with van der Waals surface area (Å²) >= 11 is 11.7. The summed E-state index contributed by atoms with van der Waals surface area (Å²) in [5.41, 5.74) is 0.153. The van der Waals surface area contributed by atoms with Gasteiger partial charge in [-0.2, -0.15) is 0 Å². The van der Waals surface area contributed by atoms with E-state index < -0.39 is 12.1 Å². The van der Waals surface area contributed by atoms with Gasteiger partial charge in [-0.1, -0.05) is 29.3 Å². The lowest BCUT2D eigenvalue weighted by Crippen LogP contribution is -2.37. The summed E-state index contributed by atoms with van der Waals surface area (Å²) in [6.45, 7) is 1.52. The number of nitrogens with one attached hydrogen (secondary N) is 1. The average molecular weight is 302 g/mol. The molecule has 1 atom stereocenters. The Labute approximate surface area is 121 Å². The van der Waals surface area contributed by atoms with Gasteiger partial charge in [0.1, 0.15) is 0 Å². The molecule has 1 aromatic carbocycles. The second-order valence-corrected chi connectivity index (χ2v) is 5.22. The summed E-state index contributed by atoms with van der Waals surface area (Å²) in [5.74, 6) is -0.958. The largest absolute Gasteiger partial charge is 0.449 e. The Morgan fingerprint density at radius 2 is 2.05 bits per heavy atom. The van der Waals surface area contributed by atoms with E-state index in [-0.39, 0.29) is 27.6 Å². The molecule has 1 aliphatic rings. The first-order valence-electron chi connectivity index (χ1n) is 5.94. The highest BCUT2D eigenvalue weighted by atomic mass is 35.5. The van der Waals surface area contributed by atoms with Crippen molar-refractivity contribution >= 4 is 35.1 Å². The van der Waals surface area contributed by atoms with Crippen LogP contribution in [0.25, 0.3) is 0 Å². The van der Waals surface area contributed by atoms with Crippen LogP contribution in [0.4, 0.5) is 0 Å². The lowest BCUT2D eigenvalue weighted by atomic mass is 10.2. The molecule has 0 saturated heterocycles. The number of carbonyl (C=O) groups excluding carboxylic acids is 2. The average Bonchev–Trinajstić information content (AvgIpc) is 3.16. The molecule has 19 heavy (non-hydrogen) atoms. The minimum Gasteiger partial charge on any atom is -0.449 e. The molecular weight excluding hydrogens is 289 g/mol. The number of benzene rings is 1. The Balaban J connectivity index is 1.99. The van der Waals surface area contributed by atoms with Gasteiger partial charge in [-0.15, -0.1) is 0 Å². The Morgan fingerprint density at radius 1 is 1.37 bits per heavy atom. The molecule has 2 rings (SSSR count). The van der Waals surface area contributed by atoms with Gasteiger partial charge < -0.3 is 10.1 Å². The fraction of sp³-hybridized carbons (Fsp3) is 0.385. The van der Waals surface area contributed by atoms with Gasteiger partial charge in [0, 0.05) is 6.04 Å². The molecule has 0 bridgehead atoms. The molecule has 4 nitrogen and oxygen atoms in total. The summed E-state index contributed by atoms with van der Waals surface area (Å²) in [6, 6.07) is 4.90. The van der Waals surface area contributed by atoms with Crippen molar-refractivity contribution in [3.8, 4) is 0 Å². The van der Waals surface area contributed by atoms with Crippen molar-refractivity contribution in [1.82, 2.24) is 5.32 Å². The lowest BCUT2D eigenvalue weighted by Gasteiger charge is -2.13. The van der Waals surface area contributed by atoms with Crippen LogP contribution in [0.5, 0.6) is 0 Å². The van der Waals surface area contributed by atoms with E-state index in [0.29, 0.717) is 0 Å². The van der Waals surface area contributed by atoms with Crippen LogP contribution in [0.1, 0.15) is 30.1 Å². The van der Waals surface area contributed by atoms with Crippen molar-refractivity contribution in [3.05, 3.63) is 33.8 Å². The predicted molar refractivity (Wildman–Crippen MR) is 72.5 cm³/mol. The normalized spacial score (nSPS) is 15.7. The molecule has 0 heterocycles. The summed E-state index contributed by atoms with van der Waals surface area (Å²) in [5, 5.41) is 3.16. The van der Waals surface area contributed by atoms with Gasteiger partial charge in [0.25, 0.3) is 5.91 Å². The Morgan fingerprint density at radius 3 is 2.68 bits per heavy atom. The van der Waals surface area contributed by atoms with E-state index in [0.717, 1.165) is 12.8 Å². The quantitative estimate of drug-likeness (QED) is 0.870. The fourth-order valence-corrected chi connectivity index (χ4v) is 1.86. The van der Waals surface area contributed by atoms with Crippen molar-refractivity contribution < 1.29 is 14.3 Å². The molecule has 1 aromatic rings. The monoisotopic (exact) mass is 301 g/mol. The molecule has 1 aliphatic carbocycles. The molecule has 1 N–H and O–H groups in total. The summed E-state index contributed by atoms with van der Waals surface area (Å²) in [6.07, 6.45) is 1.10. The highest BCUT2D eigenvalue weighted by molar-refractivity contribution is 6.43. The molecule has 0 spiro atoms. The SMILES string of the molecule is C[C@@H](OC(=O)c1cccc(Cl)c1Cl)C(=O)NC1CC1. The molecule has 0 aromatic heterocycles. The maximum atomic E-state index is 11.9. The smallest absolute Gasteiger partial charge is 0.340 e. The van der Waals surface area contributed by atoms with Crippen LogP contribution < -0.4 is 5.32 Å². The molecule has 0 radical (unpaired) electrons. The number of amides is 1. The van der Waals surface area contributed by atoms with Gasteiger partial charge in [-0.05, 0) is 31.9 Å². The number of hydrogen-bond acceptors (Lipinski definition) is 3. The molecule has 1 fully saturated rings. The molecule has 1 saturated carbocycles. The van der Waals surface area contributed by atoms with Crippen LogP contribution in [0, 0.1) is 0 Å². The third kappa shape index (κ3) is 3.61. The van der Waals surface area contributed by atoms with Crippen molar-refractivity contribution in [2.24, 2.45) is 0 Å². The third-order valence-electron chi connectivity index (χ3n) is 2.75. The van der Waals surface area contributed by atoms with Crippen LogP contribution in [-0.2, 0) is 9.53 Å². The van der Waals surface area contributed by atoms with Crippen LogP contribution in [0.3, 0.4) is 0 Å². The van der Waals surface area contributed by atoms with E-state index in [2.05, 4.69) is 5.32 Å². The zero-order valence-electron chi connectivity index (χ0n) is 10.3. The minimum absolute atomic E-state index is 0.129. The van der Waals surface area contributed by atoms with E-state index in [9.17, 15) is 9.59 Å². The maximum absolute atomic E-state index is 11.9. The van der Waals surface area contributed by atoms with Crippen molar-refractivity contribution in [1.29, 1.82) is 0 Å². The van der Waals surface area contributed by atoms with E-state index >= 15 is 0 Å². The zero-order chi connectivity index (χ0) is 14.0. The van der Waals surface area contributed by atoms with Crippen LogP contribution in [0.2, 0.25) is 10.0 Å². The fourth-order valence-electron chi connectivity index (χ4n) is 1.49. The molecule has 6 heteroatoms. The van der Waals surface area contributed by atoms with Gasteiger partial charge >= 0.3 is 5.97 Å². The number of rotatable bonds is 4. The van der Waals surface area contributed by atoms with Gasteiger partial charge in [-0.3, -0.25) is 4.79 Å². The van der Waals surface area contributed by atoms with Crippen LogP contribution in [0.15, 0.2) is 18.2 Å². The Kier molecular flexibility index (Phi) is 4.32. The number of hydrogen-bond donors (Lipinski definition) is 1. The summed E-state index contributed by atoms with van der Waals surface area (Å²) in [7, 11) is 0. The van der Waals surface area contributed by atoms with E-state index in [1.165, 1.54) is 13.0 Å². The topological polar surface area (TPSA) is 55.4 Å². The number of esters is 1. The first-order valence-corrected chi connectivity index (χ1v) is 6.70. The zero-order valence-corrected chi connectivity index (χ0v) is 11.8. The van der Waals surface area contributed by atoms with Gasteiger partial charge in [0.2, 0.25) is 0 Å². The highest BCUT2D eigenvalue weighted by Crippen LogP contribution is 2.26. The molecular formula is C13H13Cl2NO3. The lowest BCUT2D eigenvalue weighted by molar-refractivity contribution is -0.129. The number of halogens is 2. The Hall–Kier alpha value is -1.26. The Bertz CT molecular complexity index is 515. The molecule has 0 aliphatic heterocycles. The number of ether oxygens (including phenoxy) is 1. The second-order valence-electron chi connectivity index (χ2n) is 4.43. The molecule has 0 unspecified atom stereocenters. The van der Waals surface area contributed by atoms with Crippen LogP contribution >= 0.6 is 23.2 Å². The van der Waals surface area contributed by atoms with E-state index in [4.69, 9.17) is 27.9 Å². The first kappa shape index (κ1) is 14.2. The highest BCUT2D eigenvalue weighted by Gasteiger charge is 2.27. The third-order valence-corrected chi connectivity index (χ3v) is 3.57. The van der Waals surface area contributed by atoms with Crippen molar-refractivity contribution in [2.45, 2.75) is 31.9 Å². The standard InChI is InChI=1S/C13H13Cl2NO3/c1-7(12(17)16-8-5-6-8)19-13(18)9-3-2-4-10(14)11(9)15/h2-4,7-8H,5-6H2,1H3,(H,16,17)/t7-/m1/s1. The summed E-state index contributed by atoms with van der Waals surface area (Å²) < 4.78 is 5.07. The van der Waals surface area contributed by atoms with Crippen LogP contribution in [-0.4, -0.2) is 24.0 Å². The number of carbonyl (C=O) groups is 2. The van der Waals surface area contributed by atoms with Crippen molar-refractivity contribution in [3.63, 3.8) is 0 Å². The van der Waals surface area contributed by atoms with Crippen molar-refractivity contribution in [2.75, 3.05) is 0 Å². The first-order chi connectivity index (χ1) is 8.99. The van der Waals surface area contributed by atoms with Gasteiger partial charge in [0.15, 0.2) is 6.10 Å². The van der Waals surface area contributed by atoms with Gasteiger partial charge in [0.05, 0.1) is 15.6 Å². The molecule has 1 amide bonds. The van der Waals surface area contributed by atoms with E-state index in [1.807, 2.05) is 0 Å². The summed E-state index contributed by atoms with van der Waals surface area (Å²) in [4.78, 5) is 23.6. The maximum Gasteiger partial charge on any atom is 0.340 e. The predicted octanol–water partition coefficient (Wildman–Crippen LogP) is 2.82. The second kappa shape index (κ2) is 5.80.